The van der Waals surface area contributed by atoms with Crippen LogP contribution in [-0.4, -0.2) is 51.1 Å². The number of benzene rings is 2. The average Bonchev–Trinajstić information content (AvgIpc) is 2.66. The van der Waals surface area contributed by atoms with Gasteiger partial charge in [-0.05, 0) is 75.4 Å². The Morgan fingerprint density at radius 3 is 2.29 bits per heavy atom. The molecule has 3 rings (SSSR count). The first kappa shape index (κ1) is 20.9. The number of hydrogen-bond acceptors (Lipinski definition) is 3. The minimum Gasteiger partial charge on any atom is -0.309 e. The molecule has 0 fully saturated rings. The first-order chi connectivity index (χ1) is 13.5. The second-order valence-corrected chi connectivity index (χ2v) is 9.04. The largest absolute Gasteiger partial charge is 0.309 e. The summed E-state index contributed by atoms with van der Waals surface area (Å²) in [6.45, 7) is 2.18. The van der Waals surface area contributed by atoms with E-state index in [1.54, 1.807) is 0 Å². The van der Waals surface area contributed by atoms with Crippen LogP contribution in [0.3, 0.4) is 0 Å². The summed E-state index contributed by atoms with van der Waals surface area (Å²) < 4.78 is 0. The number of fused-ring (bicyclic) bond motifs is 2. The third-order valence-corrected chi connectivity index (χ3v) is 6.16. The highest BCUT2D eigenvalue weighted by molar-refractivity contribution is 7.99. The van der Waals surface area contributed by atoms with Crippen LogP contribution in [0.5, 0.6) is 0 Å². The minimum atomic E-state index is 1.02. The van der Waals surface area contributed by atoms with Crippen LogP contribution >= 0.6 is 11.8 Å². The SMILES string of the molecule is CN(C)CC/C=C/c1ccc2c(c1)Cc1c(/C=C/CCN(C)C)cccc1S2. The Morgan fingerprint density at radius 1 is 0.857 bits per heavy atom. The van der Waals surface area contributed by atoms with E-state index in [2.05, 4.69) is 98.7 Å². The van der Waals surface area contributed by atoms with E-state index in [1.807, 2.05) is 11.8 Å². The Hall–Kier alpha value is -1.81. The van der Waals surface area contributed by atoms with Gasteiger partial charge in [-0.3, -0.25) is 0 Å². The Morgan fingerprint density at radius 2 is 1.57 bits per heavy atom. The zero-order valence-electron chi connectivity index (χ0n) is 17.6. The van der Waals surface area contributed by atoms with Crippen LogP contribution in [0.4, 0.5) is 0 Å². The van der Waals surface area contributed by atoms with Gasteiger partial charge in [-0.1, -0.05) is 60.3 Å². The summed E-state index contributed by atoms with van der Waals surface area (Å²) in [5.74, 6) is 0. The normalized spacial score (nSPS) is 13.6. The molecule has 0 amide bonds. The maximum absolute atomic E-state index is 2.37. The van der Waals surface area contributed by atoms with Crippen LogP contribution in [0.15, 0.2) is 58.3 Å². The molecule has 0 atom stereocenters. The van der Waals surface area contributed by atoms with Gasteiger partial charge < -0.3 is 9.80 Å². The van der Waals surface area contributed by atoms with Gasteiger partial charge in [-0.25, -0.2) is 0 Å². The van der Waals surface area contributed by atoms with Gasteiger partial charge in [0.05, 0.1) is 0 Å². The molecular weight excluding hydrogens is 360 g/mol. The van der Waals surface area contributed by atoms with Crippen molar-refractivity contribution in [2.45, 2.75) is 29.1 Å². The highest BCUT2D eigenvalue weighted by Crippen LogP contribution is 2.41. The molecule has 0 radical (unpaired) electrons. The van der Waals surface area contributed by atoms with Crippen molar-refractivity contribution in [2.75, 3.05) is 41.3 Å². The molecule has 0 spiro atoms. The van der Waals surface area contributed by atoms with E-state index < -0.39 is 0 Å². The van der Waals surface area contributed by atoms with E-state index in [-0.39, 0.29) is 0 Å². The lowest BCUT2D eigenvalue weighted by Gasteiger charge is -2.21. The highest BCUT2D eigenvalue weighted by Gasteiger charge is 2.18. The lowest BCUT2D eigenvalue weighted by Crippen LogP contribution is -2.11. The van der Waals surface area contributed by atoms with Crippen LogP contribution in [0.1, 0.15) is 35.1 Å². The second kappa shape index (κ2) is 10.1. The molecule has 28 heavy (non-hydrogen) atoms. The van der Waals surface area contributed by atoms with Gasteiger partial charge in [0.25, 0.3) is 0 Å². The van der Waals surface area contributed by atoms with Gasteiger partial charge in [0.2, 0.25) is 0 Å². The summed E-state index contributed by atoms with van der Waals surface area (Å²) in [7, 11) is 8.48. The molecular formula is C25H32N2S. The number of nitrogens with zero attached hydrogens (tertiary/aromatic N) is 2. The first-order valence-electron chi connectivity index (χ1n) is 10.1. The summed E-state index contributed by atoms with van der Waals surface area (Å²) in [5.41, 5.74) is 5.58. The number of hydrogen-bond donors (Lipinski definition) is 0. The molecule has 0 unspecified atom stereocenters. The average molecular weight is 393 g/mol. The molecule has 3 heteroatoms. The molecule has 2 aromatic carbocycles. The predicted octanol–water partition coefficient (Wildman–Crippen LogP) is 5.67. The summed E-state index contributed by atoms with van der Waals surface area (Å²) >= 11 is 1.91. The third kappa shape index (κ3) is 5.84. The van der Waals surface area contributed by atoms with Crippen LogP contribution in [0.25, 0.3) is 12.2 Å². The van der Waals surface area contributed by atoms with Crippen LogP contribution in [0, 0.1) is 0 Å². The van der Waals surface area contributed by atoms with E-state index in [4.69, 9.17) is 0 Å². The summed E-state index contributed by atoms with van der Waals surface area (Å²) in [6, 6.07) is 13.6. The van der Waals surface area contributed by atoms with Gasteiger partial charge in [0.1, 0.15) is 0 Å². The van der Waals surface area contributed by atoms with E-state index in [1.165, 1.54) is 32.0 Å². The Balaban J connectivity index is 1.74. The number of rotatable bonds is 8. The Bertz CT molecular complexity index is 850. The molecule has 1 heterocycles. The van der Waals surface area contributed by atoms with Gasteiger partial charge in [0, 0.05) is 29.3 Å². The molecule has 2 nitrogen and oxygen atoms in total. The van der Waals surface area contributed by atoms with Crippen molar-refractivity contribution < 1.29 is 0 Å². The topological polar surface area (TPSA) is 6.48 Å². The third-order valence-electron chi connectivity index (χ3n) is 4.93. The fourth-order valence-electron chi connectivity index (χ4n) is 3.37. The van der Waals surface area contributed by atoms with Crippen LogP contribution in [0.2, 0.25) is 0 Å². The van der Waals surface area contributed by atoms with Crippen molar-refractivity contribution in [1.29, 1.82) is 0 Å². The maximum atomic E-state index is 2.37. The highest BCUT2D eigenvalue weighted by atomic mass is 32.2. The van der Waals surface area contributed by atoms with Gasteiger partial charge in [0.15, 0.2) is 0 Å². The molecule has 0 aromatic heterocycles. The lowest BCUT2D eigenvalue weighted by molar-refractivity contribution is 0.417. The summed E-state index contributed by atoms with van der Waals surface area (Å²) in [4.78, 5) is 7.24. The molecule has 1 aliphatic heterocycles. The van der Waals surface area contributed by atoms with Gasteiger partial charge in [-0.2, -0.15) is 0 Å². The monoisotopic (exact) mass is 392 g/mol. The zero-order chi connectivity index (χ0) is 19.9. The van der Waals surface area contributed by atoms with Crippen molar-refractivity contribution in [3.8, 4) is 0 Å². The quantitative estimate of drug-likeness (QED) is 0.487. The molecule has 148 valence electrons. The van der Waals surface area contributed by atoms with E-state index in [0.717, 1.165) is 32.4 Å². The molecule has 1 aliphatic rings. The summed E-state index contributed by atoms with van der Waals surface area (Å²) in [6.07, 6.45) is 12.3. The van der Waals surface area contributed by atoms with Gasteiger partial charge in [-0.15, -0.1) is 0 Å². The standard InChI is InChI=1S/C25H32N2S/c1-26(2)16-7-5-10-20-14-15-24-22(18-20)19-23-21(11-6-8-17-27(3)4)12-9-13-25(23)28-24/h5-6,9-15,18H,7-8,16-17,19H2,1-4H3/b10-5+,11-6+. The zero-order valence-corrected chi connectivity index (χ0v) is 18.4. The lowest BCUT2D eigenvalue weighted by atomic mass is 9.97. The van der Waals surface area contributed by atoms with E-state index >= 15 is 0 Å². The van der Waals surface area contributed by atoms with Crippen molar-refractivity contribution in [3.05, 3.63) is 70.8 Å². The fourth-order valence-corrected chi connectivity index (χ4v) is 4.46. The van der Waals surface area contributed by atoms with Crippen molar-refractivity contribution in [2.24, 2.45) is 0 Å². The van der Waals surface area contributed by atoms with Crippen LogP contribution < -0.4 is 0 Å². The van der Waals surface area contributed by atoms with E-state index in [9.17, 15) is 0 Å². The molecule has 0 saturated heterocycles. The van der Waals surface area contributed by atoms with Crippen LogP contribution in [-0.2, 0) is 6.42 Å². The molecule has 2 aromatic rings. The van der Waals surface area contributed by atoms with Gasteiger partial charge >= 0.3 is 0 Å². The van der Waals surface area contributed by atoms with Crippen molar-refractivity contribution in [1.82, 2.24) is 9.80 Å². The molecule has 0 saturated carbocycles. The maximum Gasteiger partial charge on any atom is 0.0163 e. The minimum absolute atomic E-state index is 1.02. The van der Waals surface area contributed by atoms with Crippen molar-refractivity contribution >= 4 is 23.9 Å². The fraction of sp³-hybridized carbons (Fsp3) is 0.360. The second-order valence-electron chi connectivity index (χ2n) is 7.96. The summed E-state index contributed by atoms with van der Waals surface area (Å²) in [5, 5.41) is 0. The van der Waals surface area contributed by atoms with E-state index in [0.29, 0.717) is 0 Å². The Kier molecular flexibility index (Phi) is 7.55. The first-order valence-corrected chi connectivity index (χ1v) is 10.9. The molecule has 0 aliphatic carbocycles. The molecule has 0 N–H and O–H groups in total. The smallest absolute Gasteiger partial charge is 0.0163 e. The molecule has 0 bridgehead atoms. The Labute approximate surface area is 174 Å². The predicted molar refractivity (Wildman–Crippen MR) is 124 cm³/mol. The van der Waals surface area contributed by atoms with Crippen molar-refractivity contribution in [3.63, 3.8) is 0 Å².